The molecule has 0 radical (unpaired) electrons. The molecule has 5 nitrogen and oxygen atoms in total. The van der Waals surface area contributed by atoms with Crippen molar-refractivity contribution >= 4 is 38.9 Å². The van der Waals surface area contributed by atoms with Crippen LogP contribution in [0.2, 0.25) is 0 Å². The third-order valence-electron chi connectivity index (χ3n) is 2.19. The van der Waals surface area contributed by atoms with E-state index in [-0.39, 0.29) is 0 Å². The maximum Gasteiger partial charge on any atom is 0.410 e. The van der Waals surface area contributed by atoms with E-state index in [2.05, 4.69) is 16.9 Å². The van der Waals surface area contributed by atoms with E-state index in [1.165, 1.54) is 11.3 Å². The second-order valence-electron chi connectivity index (χ2n) is 3.19. The number of rotatable bonds is 3. The summed E-state index contributed by atoms with van der Waals surface area (Å²) >= 11 is 1.25. The molecule has 88 valence electrons. The lowest BCUT2D eigenvalue weighted by Crippen LogP contribution is -2.06. The molecule has 0 aliphatic carbocycles. The van der Waals surface area contributed by atoms with E-state index in [1.807, 2.05) is 6.07 Å². The molecule has 2 rings (SSSR count). The minimum absolute atomic E-state index is 0.320. The predicted octanol–water partition coefficient (Wildman–Crippen LogP) is 3.04. The summed E-state index contributed by atoms with van der Waals surface area (Å²) in [5.41, 5.74) is 1.54. The Labute approximate surface area is 101 Å². The van der Waals surface area contributed by atoms with E-state index in [9.17, 15) is 4.79 Å². The van der Waals surface area contributed by atoms with Crippen LogP contribution >= 0.6 is 11.3 Å². The topological polar surface area (TPSA) is 71.5 Å². The second-order valence-corrected chi connectivity index (χ2v) is 4.19. The van der Waals surface area contributed by atoms with Gasteiger partial charge in [-0.3, -0.25) is 5.32 Å². The summed E-state index contributed by atoms with van der Waals surface area (Å²) in [6.45, 7) is 3.71. The summed E-state index contributed by atoms with van der Waals surface area (Å²) in [5, 5.41) is 11.2. The van der Waals surface area contributed by atoms with Gasteiger partial charge in [0, 0.05) is 0 Å². The second kappa shape index (κ2) is 4.42. The summed E-state index contributed by atoms with van der Waals surface area (Å²) in [5.74, 6) is 0.611. The van der Waals surface area contributed by atoms with Crippen molar-refractivity contribution < 1.29 is 14.6 Å². The maximum atomic E-state index is 10.6. The highest BCUT2D eigenvalue weighted by Gasteiger charge is 2.12. The third-order valence-corrected chi connectivity index (χ3v) is 3.21. The lowest BCUT2D eigenvalue weighted by Gasteiger charge is -2.01. The molecular formula is C11H10N2O3S. The number of carbonyl (C=O) groups is 1. The molecular weight excluding hydrogens is 240 g/mol. The van der Waals surface area contributed by atoms with Crippen molar-refractivity contribution in [1.29, 1.82) is 0 Å². The summed E-state index contributed by atoms with van der Waals surface area (Å²) < 4.78 is 6.03. The molecule has 0 spiro atoms. The average Bonchev–Trinajstić information content (AvgIpc) is 2.69. The molecule has 0 bridgehead atoms. The fourth-order valence-corrected chi connectivity index (χ4v) is 2.45. The van der Waals surface area contributed by atoms with Gasteiger partial charge in [0.05, 0.1) is 11.8 Å². The molecule has 0 saturated heterocycles. The van der Waals surface area contributed by atoms with Gasteiger partial charge in [-0.2, -0.15) is 0 Å². The van der Waals surface area contributed by atoms with Crippen LogP contribution in [0.5, 0.6) is 5.75 Å². The van der Waals surface area contributed by atoms with Gasteiger partial charge in [-0.1, -0.05) is 24.0 Å². The number of ether oxygens (including phenoxy) is 1. The highest BCUT2D eigenvalue weighted by Crippen LogP contribution is 2.35. The van der Waals surface area contributed by atoms with Gasteiger partial charge in [0.15, 0.2) is 5.13 Å². The van der Waals surface area contributed by atoms with Gasteiger partial charge in [-0.05, 0) is 17.7 Å². The van der Waals surface area contributed by atoms with Crippen molar-refractivity contribution in [2.45, 2.75) is 0 Å². The number of benzene rings is 1. The lowest BCUT2D eigenvalue weighted by atomic mass is 10.2. The Morgan fingerprint density at radius 2 is 2.41 bits per heavy atom. The number of methoxy groups -OCH3 is 1. The first-order valence-corrected chi connectivity index (χ1v) is 5.57. The zero-order valence-electron chi connectivity index (χ0n) is 9.06. The molecule has 0 fully saturated rings. The van der Waals surface area contributed by atoms with Crippen LogP contribution in [-0.2, 0) is 0 Å². The Hall–Kier alpha value is -2.08. The zero-order chi connectivity index (χ0) is 12.4. The van der Waals surface area contributed by atoms with Crippen LogP contribution in [0.25, 0.3) is 16.3 Å². The number of nitrogens with one attached hydrogen (secondary N) is 1. The van der Waals surface area contributed by atoms with Gasteiger partial charge in [-0.15, -0.1) is 0 Å². The molecule has 2 N–H and O–H groups in total. The largest absolute Gasteiger partial charge is 0.494 e. The molecule has 1 heterocycles. The standard InChI is InChI=1S/C11H10N2O3S/c1-3-6-4-5-7(16-2)8-9(6)17-10(12-8)13-11(14)15/h3-5H,1H2,2H3,(H,12,13)(H,14,15). The molecule has 0 saturated carbocycles. The number of thiazole rings is 1. The normalized spacial score (nSPS) is 10.2. The lowest BCUT2D eigenvalue weighted by molar-refractivity contribution is 0.209. The number of hydrogen-bond acceptors (Lipinski definition) is 4. The monoisotopic (exact) mass is 250 g/mol. The molecule has 1 aromatic carbocycles. The van der Waals surface area contributed by atoms with E-state index in [0.29, 0.717) is 16.4 Å². The first-order chi connectivity index (χ1) is 8.15. The van der Waals surface area contributed by atoms with Gasteiger partial charge in [-0.25, -0.2) is 9.78 Å². The molecule has 0 aliphatic rings. The fourth-order valence-electron chi connectivity index (χ4n) is 1.47. The van der Waals surface area contributed by atoms with Gasteiger partial charge in [0.1, 0.15) is 11.3 Å². The molecule has 17 heavy (non-hydrogen) atoms. The van der Waals surface area contributed by atoms with E-state index in [4.69, 9.17) is 9.84 Å². The van der Waals surface area contributed by atoms with E-state index in [1.54, 1.807) is 19.3 Å². The highest BCUT2D eigenvalue weighted by molar-refractivity contribution is 7.22. The van der Waals surface area contributed by atoms with Crippen LogP contribution in [0.15, 0.2) is 18.7 Å². The predicted molar refractivity (Wildman–Crippen MR) is 67.9 cm³/mol. The third kappa shape index (κ3) is 2.07. The van der Waals surface area contributed by atoms with Crippen molar-refractivity contribution in [2.75, 3.05) is 12.4 Å². The van der Waals surface area contributed by atoms with Gasteiger partial charge >= 0.3 is 6.09 Å². The summed E-state index contributed by atoms with van der Waals surface area (Å²) in [4.78, 5) is 14.7. The number of hydrogen-bond donors (Lipinski definition) is 2. The number of amides is 1. The van der Waals surface area contributed by atoms with E-state index < -0.39 is 6.09 Å². The Kier molecular flexibility index (Phi) is 2.97. The van der Waals surface area contributed by atoms with Crippen LogP contribution in [0, 0.1) is 0 Å². The van der Waals surface area contributed by atoms with Crippen molar-refractivity contribution in [2.24, 2.45) is 0 Å². The number of fused-ring (bicyclic) bond motifs is 1. The molecule has 1 amide bonds. The van der Waals surface area contributed by atoms with Gasteiger partial charge < -0.3 is 9.84 Å². The number of anilines is 1. The summed E-state index contributed by atoms with van der Waals surface area (Å²) in [6, 6.07) is 3.64. The fraction of sp³-hybridized carbons (Fsp3) is 0.0909. The first kappa shape index (κ1) is 11.4. The van der Waals surface area contributed by atoms with E-state index in [0.717, 1.165) is 10.3 Å². The Bertz CT molecular complexity index is 592. The van der Waals surface area contributed by atoms with Crippen molar-refractivity contribution in [3.63, 3.8) is 0 Å². The SMILES string of the molecule is C=Cc1ccc(OC)c2nc(NC(=O)O)sc12. The van der Waals surface area contributed by atoms with Crippen LogP contribution < -0.4 is 10.1 Å². The van der Waals surface area contributed by atoms with Crippen LogP contribution in [0.3, 0.4) is 0 Å². The van der Waals surface area contributed by atoms with Gasteiger partial charge in [0.25, 0.3) is 0 Å². The molecule has 0 unspecified atom stereocenters. The van der Waals surface area contributed by atoms with Crippen molar-refractivity contribution in [3.05, 3.63) is 24.3 Å². The number of aromatic nitrogens is 1. The Morgan fingerprint density at radius 3 is 3.00 bits per heavy atom. The molecule has 0 atom stereocenters. The quantitative estimate of drug-likeness (QED) is 0.878. The van der Waals surface area contributed by atoms with Crippen LogP contribution in [0.1, 0.15) is 5.56 Å². The molecule has 6 heteroatoms. The molecule has 0 aliphatic heterocycles. The number of carboxylic acid groups (broad SMARTS) is 1. The molecule has 2 aromatic rings. The van der Waals surface area contributed by atoms with Crippen LogP contribution in [0.4, 0.5) is 9.93 Å². The summed E-state index contributed by atoms with van der Waals surface area (Å²) in [7, 11) is 1.55. The van der Waals surface area contributed by atoms with Gasteiger partial charge in [0.2, 0.25) is 0 Å². The first-order valence-electron chi connectivity index (χ1n) is 4.75. The average molecular weight is 250 g/mol. The highest BCUT2D eigenvalue weighted by atomic mass is 32.1. The Morgan fingerprint density at radius 1 is 1.65 bits per heavy atom. The number of nitrogens with zero attached hydrogens (tertiary/aromatic N) is 1. The smallest absolute Gasteiger partial charge is 0.410 e. The minimum atomic E-state index is -1.14. The maximum absolute atomic E-state index is 10.6. The van der Waals surface area contributed by atoms with E-state index >= 15 is 0 Å². The zero-order valence-corrected chi connectivity index (χ0v) is 9.87. The summed E-state index contributed by atoms with van der Waals surface area (Å²) in [6.07, 6.45) is 0.563. The van der Waals surface area contributed by atoms with Crippen molar-refractivity contribution in [1.82, 2.24) is 4.98 Å². The Balaban J connectivity index is 2.63. The van der Waals surface area contributed by atoms with Crippen LogP contribution in [-0.4, -0.2) is 23.3 Å². The molecule has 1 aromatic heterocycles. The van der Waals surface area contributed by atoms with Crippen molar-refractivity contribution in [3.8, 4) is 5.75 Å². The minimum Gasteiger partial charge on any atom is -0.494 e.